The third kappa shape index (κ3) is 2.80. The van der Waals surface area contributed by atoms with Gasteiger partial charge in [-0.2, -0.15) is 0 Å². The Morgan fingerprint density at radius 2 is 1.64 bits per heavy atom. The predicted octanol–water partition coefficient (Wildman–Crippen LogP) is 3.67. The van der Waals surface area contributed by atoms with E-state index in [4.69, 9.17) is 4.74 Å². The molecule has 0 bridgehead atoms. The lowest BCUT2D eigenvalue weighted by atomic mass is 10.1. The van der Waals surface area contributed by atoms with Crippen molar-refractivity contribution in [3.63, 3.8) is 0 Å². The monoisotopic (exact) mass is 331 g/mol. The highest BCUT2D eigenvalue weighted by molar-refractivity contribution is 5.67. The van der Waals surface area contributed by atoms with Crippen LogP contribution in [0.25, 0.3) is 28.2 Å². The third-order valence-corrected chi connectivity index (χ3v) is 4.20. The van der Waals surface area contributed by atoms with Gasteiger partial charge in [-0.15, -0.1) is 0 Å². The number of fused-ring (bicyclic) bond motifs is 1. The molecule has 5 nitrogen and oxygen atoms in total. The molecule has 0 saturated heterocycles. The highest BCUT2D eigenvalue weighted by Gasteiger charge is 2.09. The van der Waals surface area contributed by atoms with E-state index in [1.807, 2.05) is 61.5 Å². The van der Waals surface area contributed by atoms with Gasteiger partial charge in [-0.3, -0.25) is 9.89 Å². The van der Waals surface area contributed by atoms with Crippen LogP contribution in [0.4, 0.5) is 0 Å². The molecule has 0 aliphatic heterocycles. The molecule has 0 spiro atoms. The molecule has 25 heavy (non-hydrogen) atoms. The molecule has 0 saturated carbocycles. The maximum Gasteiger partial charge on any atom is 0.273 e. The Balaban J connectivity index is 1.81. The molecule has 0 fully saturated rings. The van der Waals surface area contributed by atoms with Gasteiger partial charge in [0, 0.05) is 17.7 Å². The minimum absolute atomic E-state index is 0.144. The number of nitrogens with one attached hydrogen (secondary N) is 1. The van der Waals surface area contributed by atoms with Gasteiger partial charge >= 0.3 is 0 Å². The number of aryl methyl sites for hydroxylation is 1. The van der Waals surface area contributed by atoms with Crippen molar-refractivity contribution in [2.75, 3.05) is 7.11 Å². The molecule has 4 aromatic rings. The van der Waals surface area contributed by atoms with Crippen molar-refractivity contribution in [3.8, 4) is 28.3 Å². The molecular formula is C20H17N3O2. The van der Waals surface area contributed by atoms with E-state index < -0.39 is 0 Å². The Hall–Kier alpha value is -3.34. The fraction of sp³-hybridized carbons (Fsp3) is 0.100. The summed E-state index contributed by atoms with van der Waals surface area (Å²) < 4.78 is 6.63. The fourth-order valence-electron chi connectivity index (χ4n) is 2.78. The average molecular weight is 331 g/mol. The number of H-pyrrole nitrogens is 1. The zero-order valence-electron chi connectivity index (χ0n) is 14.0. The number of nitrogens with zero attached hydrogens (tertiary/aromatic N) is 2. The maximum absolute atomic E-state index is 12.5. The second kappa shape index (κ2) is 5.94. The highest BCUT2D eigenvalue weighted by atomic mass is 16.5. The van der Waals surface area contributed by atoms with Gasteiger partial charge in [0.1, 0.15) is 5.75 Å². The van der Waals surface area contributed by atoms with Gasteiger partial charge in [0.25, 0.3) is 5.56 Å². The van der Waals surface area contributed by atoms with Crippen LogP contribution in [0.15, 0.2) is 65.5 Å². The van der Waals surface area contributed by atoms with E-state index in [1.54, 1.807) is 7.11 Å². The summed E-state index contributed by atoms with van der Waals surface area (Å²) in [7, 11) is 1.62. The van der Waals surface area contributed by atoms with Crippen LogP contribution in [-0.4, -0.2) is 21.7 Å². The van der Waals surface area contributed by atoms with Crippen LogP contribution >= 0.6 is 0 Å². The van der Waals surface area contributed by atoms with Gasteiger partial charge < -0.3 is 4.74 Å². The molecule has 4 rings (SSSR count). The largest absolute Gasteiger partial charge is 0.497 e. The van der Waals surface area contributed by atoms with Crippen LogP contribution in [-0.2, 0) is 0 Å². The van der Waals surface area contributed by atoms with Gasteiger partial charge in [-0.1, -0.05) is 29.8 Å². The third-order valence-electron chi connectivity index (χ3n) is 4.20. The summed E-state index contributed by atoms with van der Waals surface area (Å²) in [5.41, 5.74) is 5.03. The smallest absolute Gasteiger partial charge is 0.273 e. The first-order chi connectivity index (χ1) is 12.1. The van der Waals surface area contributed by atoms with Gasteiger partial charge in [0.15, 0.2) is 5.65 Å². The Morgan fingerprint density at radius 1 is 0.960 bits per heavy atom. The van der Waals surface area contributed by atoms with Crippen molar-refractivity contribution in [1.29, 1.82) is 0 Å². The van der Waals surface area contributed by atoms with Gasteiger partial charge in [-0.25, -0.2) is 9.50 Å². The summed E-state index contributed by atoms with van der Waals surface area (Å²) >= 11 is 0. The molecular weight excluding hydrogens is 314 g/mol. The zero-order chi connectivity index (χ0) is 17.4. The van der Waals surface area contributed by atoms with Crippen LogP contribution in [0.1, 0.15) is 5.56 Å². The Labute approximate surface area is 144 Å². The van der Waals surface area contributed by atoms with E-state index >= 15 is 0 Å². The highest BCUT2D eigenvalue weighted by Crippen LogP contribution is 2.22. The summed E-state index contributed by atoms with van der Waals surface area (Å²) in [5.74, 6) is 0.768. The van der Waals surface area contributed by atoms with Crippen molar-refractivity contribution >= 4 is 5.65 Å². The van der Waals surface area contributed by atoms with E-state index in [1.165, 1.54) is 16.1 Å². The first kappa shape index (κ1) is 15.2. The number of rotatable bonds is 3. The second-order valence-electron chi connectivity index (χ2n) is 5.94. The molecule has 0 aliphatic rings. The lowest BCUT2D eigenvalue weighted by molar-refractivity contribution is 0.415. The molecule has 0 radical (unpaired) electrons. The minimum Gasteiger partial charge on any atom is -0.497 e. The molecule has 2 aromatic carbocycles. The van der Waals surface area contributed by atoms with Crippen molar-refractivity contribution in [2.45, 2.75) is 6.92 Å². The molecule has 2 aromatic heterocycles. The molecule has 2 heterocycles. The van der Waals surface area contributed by atoms with Crippen LogP contribution in [0.2, 0.25) is 0 Å². The molecule has 1 N–H and O–H groups in total. The number of methoxy groups -OCH3 is 1. The normalized spacial score (nSPS) is 11.0. The van der Waals surface area contributed by atoms with Crippen LogP contribution in [0.3, 0.4) is 0 Å². The van der Waals surface area contributed by atoms with Crippen molar-refractivity contribution in [3.05, 3.63) is 76.6 Å². The fourth-order valence-corrected chi connectivity index (χ4v) is 2.78. The summed E-state index contributed by atoms with van der Waals surface area (Å²) in [4.78, 5) is 17.1. The van der Waals surface area contributed by atoms with E-state index in [9.17, 15) is 4.79 Å². The molecule has 0 aliphatic carbocycles. The Bertz CT molecular complexity index is 1090. The number of benzene rings is 2. The van der Waals surface area contributed by atoms with Crippen molar-refractivity contribution in [2.24, 2.45) is 0 Å². The van der Waals surface area contributed by atoms with E-state index in [0.29, 0.717) is 11.3 Å². The SMILES string of the molecule is COc1ccc(-c2cc(=O)n3[nH]c(-c4ccc(C)cc4)cc3n2)cc1. The van der Waals surface area contributed by atoms with Gasteiger partial charge in [0.05, 0.1) is 18.5 Å². The minimum atomic E-state index is -0.144. The van der Waals surface area contributed by atoms with E-state index in [2.05, 4.69) is 10.1 Å². The van der Waals surface area contributed by atoms with Crippen molar-refractivity contribution in [1.82, 2.24) is 14.6 Å². The molecule has 124 valence electrons. The van der Waals surface area contributed by atoms with E-state index in [0.717, 1.165) is 22.6 Å². The van der Waals surface area contributed by atoms with Crippen LogP contribution < -0.4 is 10.3 Å². The topological polar surface area (TPSA) is 59.4 Å². The van der Waals surface area contributed by atoms with Gasteiger partial charge in [0.2, 0.25) is 0 Å². The number of aromatic amines is 1. The molecule has 5 heteroatoms. The number of aromatic nitrogens is 3. The van der Waals surface area contributed by atoms with E-state index in [-0.39, 0.29) is 5.56 Å². The summed E-state index contributed by atoms with van der Waals surface area (Å²) in [6.07, 6.45) is 0. The lowest BCUT2D eigenvalue weighted by Gasteiger charge is -2.03. The number of ether oxygens (including phenoxy) is 1. The second-order valence-corrected chi connectivity index (χ2v) is 5.94. The summed E-state index contributed by atoms with van der Waals surface area (Å²) in [6.45, 7) is 2.04. The van der Waals surface area contributed by atoms with Crippen molar-refractivity contribution < 1.29 is 4.74 Å². The van der Waals surface area contributed by atoms with Crippen LogP contribution in [0, 0.1) is 6.92 Å². The average Bonchev–Trinajstić information content (AvgIpc) is 3.07. The first-order valence-corrected chi connectivity index (χ1v) is 7.98. The molecule has 0 unspecified atom stereocenters. The Kier molecular flexibility index (Phi) is 3.61. The summed E-state index contributed by atoms with van der Waals surface area (Å²) in [5, 5.41) is 3.12. The number of hydrogen-bond acceptors (Lipinski definition) is 3. The zero-order valence-corrected chi connectivity index (χ0v) is 14.0. The molecule has 0 atom stereocenters. The number of hydrogen-bond donors (Lipinski definition) is 1. The Morgan fingerprint density at radius 3 is 2.32 bits per heavy atom. The standard InChI is InChI=1S/C20H17N3O2/c1-13-3-5-15(6-4-13)18-11-19-21-17(12-20(24)23(19)22-18)14-7-9-16(25-2)10-8-14/h3-12,22H,1-2H3. The lowest BCUT2D eigenvalue weighted by Crippen LogP contribution is -2.14. The first-order valence-electron chi connectivity index (χ1n) is 7.98. The predicted molar refractivity (Wildman–Crippen MR) is 98.0 cm³/mol. The molecule has 0 amide bonds. The summed E-state index contributed by atoms with van der Waals surface area (Å²) in [6, 6.07) is 19.0. The maximum atomic E-state index is 12.5. The quantitative estimate of drug-likeness (QED) is 0.623. The van der Waals surface area contributed by atoms with Crippen LogP contribution in [0.5, 0.6) is 5.75 Å². The van der Waals surface area contributed by atoms with Gasteiger partial charge in [-0.05, 0) is 36.8 Å².